The highest BCUT2D eigenvalue weighted by atomic mass is 16.5. The summed E-state index contributed by atoms with van der Waals surface area (Å²) in [6.07, 6.45) is 2.01. The van der Waals surface area contributed by atoms with E-state index in [-0.39, 0.29) is 24.5 Å². The zero-order chi connectivity index (χ0) is 22.2. The van der Waals surface area contributed by atoms with Crippen LogP contribution in [0.3, 0.4) is 0 Å². The van der Waals surface area contributed by atoms with Gasteiger partial charge in [-0.2, -0.15) is 0 Å². The average molecular weight is 431 g/mol. The van der Waals surface area contributed by atoms with Crippen LogP contribution in [0.15, 0.2) is 78.9 Å². The molecule has 32 heavy (non-hydrogen) atoms. The van der Waals surface area contributed by atoms with E-state index in [1.807, 2.05) is 54.6 Å². The Morgan fingerprint density at radius 3 is 2.50 bits per heavy atom. The summed E-state index contributed by atoms with van der Waals surface area (Å²) in [5, 5.41) is 5.68. The van der Waals surface area contributed by atoms with Gasteiger partial charge in [0, 0.05) is 18.7 Å². The predicted molar refractivity (Wildman–Crippen MR) is 124 cm³/mol. The highest BCUT2D eigenvalue weighted by Crippen LogP contribution is 2.29. The molecule has 1 atom stereocenters. The molecule has 2 amide bonds. The first kappa shape index (κ1) is 21.6. The summed E-state index contributed by atoms with van der Waals surface area (Å²) < 4.78 is 11.4. The molecule has 1 heterocycles. The Hall–Kier alpha value is -3.64. The Kier molecular flexibility index (Phi) is 7.15. The highest BCUT2D eigenvalue weighted by molar-refractivity contribution is 6.04. The molecule has 0 aliphatic carbocycles. The van der Waals surface area contributed by atoms with Gasteiger partial charge in [0.05, 0.1) is 17.4 Å². The van der Waals surface area contributed by atoms with Gasteiger partial charge in [-0.3, -0.25) is 9.59 Å². The van der Waals surface area contributed by atoms with E-state index in [2.05, 4.69) is 10.6 Å². The van der Waals surface area contributed by atoms with Gasteiger partial charge in [-0.25, -0.2) is 0 Å². The zero-order valence-corrected chi connectivity index (χ0v) is 17.8. The van der Waals surface area contributed by atoms with Crippen LogP contribution in [0.25, 0.3) is 11.1 Å². The minimum absolute atomic E-state index is 0.0544. The van der Waals surface area contributed by atoms with Crippen molar-refractivity contribution in [3.63, 3.8) is 0 Å². The van der Waals surface area contributed by atoms with E-state index in [1.165, 1.54) is 0 Å². The number of carbonyl (C=O) groups excluding carboxylic acids is 2. The molecule has 1 aliphatic rings. The number of amides is 2. The first-order valence-corrected chi connectivity index (χ1v) is 10.8. The molecule has 6 heteroatoms. The van der Waals surface area contributed by atoms with Crippen molar-refractivity contribution in [2.75, 3.05) is 25.1 Å². The van der Waals surface area contributed by atoms with E-state index in [0.29, 0.717) is 23.5 Å². The fourth-order valence-electron chi connectivity index (χ4n) is 3.68. The minimum Gasteiger partial charge on any atom is -0.483 e. The normalized spacial score (nSPS) is 15.2. The first-order valence-electron chi connectivity index (χ1n) is 10.8. The van der Waals surface area contributed by atoms with Crippen LogP contribution in [0.5, 0.6) is 5.75 Å². The van der Waals surface area contributed by atoms with E-state index < -0.39 is 0 Å². The monoisotopic (exact) mass is 430 g/mol. The molecular formula is C26H26N2O4. The fourth-order valence-corrected chi connectivity index (χ4v) is 3.68. The smallest absolute Gasteiger partial charge is 0.262 e. The Morgan fingerprint density at radius 2 is 1.69 bits per heavy atom. The fraction of sp³-hybridized carbons (Fsp3) is 0.231. The van der Waals surface area contributed by atoms with Crippen molar-refractivity contribution in [1.82, 2.24) is 5.32 Å². The summed E-state index contributed by atoms with van der Waals surface area (Å²) >= 11 is 0. The van der Waals surface area contributed by atoms with E-state index in [1.54, 1.807) is 24.3 Å². The zero-order valence-electron chi connectivity index (χ0n) is 17.8. The lowest BCUT2D eigenvalue weighted by Gasteiger charge is -2.15. The molecule has 0 saturated carbocycles. The van der Waals surface area contributed by atoms with Gasteiger partial charge in [0.1, 0.15) is 5.75 Å². The molecular weight excluding hydrogens is 404 g/mol. The van der Waals surface area contributed by atoms with Crippen LogP contribution in [-0.4, -0.2) is 37.7 Å². The maximum absolute atomic E-state index is 12.6. The third kappa shape index (κ3) is 5.53. The maximum Gasteiger partial charge on any atom is 0.262 e. The van der Waals surface area contributed by atoms with Crippen LogP contribution in [0.4, 0.5) is 5.69 Å². The molecule has 164 valence electrons. The number of para-hydroxylation sites is 2. The van der Waals surface area contributed by atoms with Crippen LogP contribution in [-0.2, 0) is 9.53 Å². The lowest BCUT2D eigenvalue weighted by molar-refractivity contribution is -0.118. The first-order chi connectivity index (χ1) is 15.7. The molecule has 1 aliphatic heterocycles. The Balaban J connectivity index is 1.38. The Bertz CT molecular complexity index is 1060. The third-order valence-corrected chi connectivity index (χ3v) is 5.29. The van der Waals surface area contributed by atoms with Gasteiger partial charge >= 0.3 is 0 Å². The van der Waals surface area contributed by atoms with Crippen molar-refractivity contribution in [2.45, 2.75) is 18.9 Å². The number of carbonyl (C=O) groups is 2. The minimum atomic E-state index is -0.341. The number of anilines is 1. The molecule has 6 nitrogen and oxygen atoms in total. The van der Waals surface area contributed by atoms with Crippen molar-refractivity contribution >= 4 is 17.5 Å². The number of hydrogen-bond donors (Lipinski definition) is 2. The number of ether oxygens (including phenoxy) is 2. The lowest BCUT2D eigenvalue weighted by Crippen LogP contribution is -2.32. The van der Waals surface area contributed by atoms with Crippen molar-refractivity contribution in [3.05, 3.63) is 84.4 Å². The number of rotatable bonds is 8. The molecule has 0 bridgehead atoms. The van der Waals surface area contributed by atoms with E-state index in [4.69, 9.17) is 9.47 Å². The summed E-state index contributed by atoms with van der Waals surface area (Å²) in [4.78, 5) is 25.2. The molecule has 4 rings (SSSR count). The number of benzene rings is 3. The molecule has 0 spiro atoms. The van der Waals surface area contributed by atoms with E-state index in [9.17, 15) is 9.59 Å². The van der Waals surface area contributed by atoms with Crippen LogP contribution in [0.1, 0.15) is 23.2 Å². The topological polar surface area (TPSA) is 76.7 Å². The van der Waals surface area contributed by atoms with Gasteiger partial charge in [-0.15, -0.1) is 0 Å². The summed E-state index contributed by atoms with van der Waals surface area (Å²) in [5.74, 6) is 0.0374. The van der Waals surface area contributed by atoms with E-state index in [0.717, 1.165) is 30.6 Å². The quantitative estimate of drug-likeness (QED) is 0.559. The standard InChI is InChI=1S/C26H26N2O4/c29-25(18-32-24-15-7-5-12-21(24)19-9-2-1-3-10-19)28-23-14-6-4-13-22(23)26(30)27-17-20-11-8-16-31-20/h1-7,9-10,12-15,20H,8,11,16-18H2,(H,27,30)(H,28,29)/t20-/m1/s1. The van der Waals surface area contributed by atoms with Gasteiger partial charge in [0.25, 0.3) is 11.8 Å². The third-order valence-electron chi connectivity index (χ3n) is 5.29. The van der Waals surface area contributed by atoms with Crippen molar-refractivity contribution < 1.29 is 19.1 Å². The summed E-state index contributed by atoms with van der Waals surface area (Å²) in [6, 6.07) is 24.4. The second-order valence-corrected chi connectivity index (χ2v) is 7.59. The molecule has 0 radical (unpaired) electrons. The largest absolute Gasteiger partial charge is 0.483 e. The Morgan fingerprint density at radius 1 is 0.938 bits per heavy atom. The Labute approximate surface area is 187 Å². The average Bonchev–Trinajstić information content (AvgIpc) is 3.36. The highest BCUT2D eigenvalue weighted by Gasteiger charge is 2.18. The molecule has 2 N–H and O–H groups in total. The summed E-state index contributed by atoms with van der Waals surface area (Å²) in [5.41, 5.74) is 2.78. The van der Waals surface area contributed by atoms with Gasteiger partial charge < -0.3 is 20.1 Å². The second-order valence-electron chi connectivity index (χ2n) is 7.59. The van der Waals surface area contributed by atoms with Gasteiger partial charge in [0.15, 0.2) is 6.61 Å². The van der Waals surface area contributed by atoms with Crippen molar-refractivity contribution in [1.29, 1.82) is 0 Å². The number of nitrogens with one attached hydrogen (secondary N) is 2. The van der Waals surface area contributed by atoms with Crippen LogP contribution in [0, 0.1) is 0 Å². The molecule has 3 aromatic carbocycles. The molecule has 1 fully saturated rings. The van der Waals surface area contributed by atoms with Crippen LogP contribution >= 0.6 is 0 Å². The molecule has 1 saturated heterocycles. The van der Waals surface area contributed by atoms with Gasteiger partial charge in [-0.1, -0.05) is 60.7 Å². The van der Waals surface area contributed by atoms with Gasteiger partial charge in [-0.05, 0) is 36.6 Å². The summed E-state index contributed by atoms with van der Waals surface area (Å²) in [7, 11) is 0. The van der Waals surface area contributed by atoms with Gasteiger partial charge in [0.2, 0.25) is 0 Å². The lowest BCUT2D eigenvalue weighted by atomic mass is 10.1. The van der Waals surface area contributed by atoms with Crippen molar-refractivity contribution in [2.24, 2.45) is 0 Å². The summed E-state index contributed by atoms with van der Waals surface area (Å²) in [6.45, 7) is 1.02. The second kappa shape index (κ2) is 10.6. The predicted octanol–water partition coefficient (Wildman–Crippen LogP) is 4.28. The number of hydrogen-bond acceptors (Lipinski definition) is 4. The maximum atomic E-state index is 12.6. The van der Waals surface area contributed by atoms with E-state index >= 15 is 0 Å². The van der Waals surface area contributed by atoms with Crippen molar-refractivity contribution in [3.8, 4) is 16.9 Å². The van der Waals surface area contributed by atoms with Crippen LogP contribution in [0.2, 0.25) is 0 Å². The van der Waals surface area contributed by atoms with Crippen LogP contribution < -0.4 is 15.4 Å². The molecule has 0 aromatic heterocycles. The molecule has 3 aromatic rings. The SMILES string of the molecule is O=C(COc1ccccc1-c1ccccc1)Nc1ccccc1C(=O)NC[C@H]1CCCO1. The molecule has 0 unspecified atom stereocenters.